The molecule has 0 aromatic carbocycles. The van der Waals surface area contributed by atoms with E-state index in [4.69, 9.17) is 4.74 Å². The molecular weight excluding hydrogens is 420 g/mol. The Balaban J connectivity index is 1.36. The zero-order valence-corrected chi connectivity index (χ0v) is 23.2. The van der Waals surface area contributed by atoms with Crippen LogP contribution in [-0.2, 0) is 9.53 Å². The summed E-state index contributed by atoms with van der Waals surface area (Å²) >= 11 is 0. The van der Waals surface area contributed by atoms with Crippen LogP contribution in [0.5, 0.6) is 0 Å². The van der Waals surface area contributed by atoms with Crippen LogP contribution in [-0.4, -0.2) is 22.8 Å². The summed E-state index contributed by atoms with van der Waals surface area (Å²) in [6, 6.07) is 0. The molecule has 0 aromatic heterocycles. The summed E-state index contributed by atoms with van der Waals surface area (Å²) in [5.74, 6) is 4.59. The molecule has 3 heteroatoms. The van der Waals surface area contributed by atoms with E-state index in [1.165, 1.54) is 51.4 Å². The molecule has 4 aliphatic carbocycles. The highest BCUT2D eigenvalue weighted by atomic mass is 16.6. The van der Waals surface area contributed by atoms with Gasteiger partial charge in [0.2, 0.25) is 0 Å². The second-order valence-electron chi connectivity index (χ2n) is 15.0. The van der Waals surface area contributed by atoms with Crippen molar-refractivity contribution in [3.05, 3.63) is 0 Å². The van der Waals surface area contributed by atoms with E-state index >= 15 is 0 Å². The molecule has 0 aromatic rings. The Morgan fingerprint density at radius 2 is 1.71 bits per heavy atom. The van der Waals surface area contributed by atoms with Crippen molar-refractivity contribution < 1.29 is 14.6 Å². The van der Waals surface area contributed by atoms with Gasteiger partial charge >= 0.3 is 5.97 Å². The molecule has 5 fully saturated rings. The lowest BCUT2D eigenvalue weighted by Crippen LogP contribution is -2.64. The van der Waals surface area contributed by atoms with Gasteiger partial charge < -0.3 is 9.84 Å². The molecule has 4 saturated carbocycles. The van der Waals surface area contributed by atoms with Crippen molar-refractivity contribution in [1.82, 2.24) is 0 Å². The van der Waals surface area contributed by atoms with E-state index in [9.17, 15) is 9.90 Å². The van der Waals surface area contributed by atoms with Gasteiger partial charge in [-0.05, 0) is 91.8 Å². The Kier molecular flexibility index (Phi) is 6.07. The zero-order valence-electron chi connectivity index (χ0n) is 23.2. The number of rotatable bonds is 7. The Morgan fingerprint density at radius 3 is 2.38 bits per heavy atom. The first kappa shape index (κ1) is 25.1. The normalized spacial score (nSPS) is 49.5. The van der Waals surface area contributed by atoms with Crippen LogP contribution in [0.1, 0.15) is 119 Å². The fourth-order valence-electron chi connectivity index (χ4n) is 11.2. The Hall–Kier alpha value is -0.570. The fourth-order valence-corrected chi connectivity index (χ4v) is 11.2. The van der Waals surface area contributed by atoms with Crippen molar-refractivity contribution in [3.8, 4) is 0 Å². The quantitative estimate of drug-likeness (QED) is 0.382. The first-order valence-electron chi connectivity index (χ1n) is 14.8. The van der Waals surface area contributed by atoms with Gasteiger partial charge in [-0.2, -0.15) is 0 Å². The van der Waals surface area contributed by atoms with E-state index in [-0.39, 0.29) is 22.3 Å². The molecule has 1 saturated heterocycles. The lowest BCUT2D eigenvalue weighted by Gasteiger charge is -2.63. The topological polar surface area (TPSA) is 49.8 Å². The number of aliphatic carboxylic acids is 1. The van der Waals surface area contributed by atoms with Crippen LogP contribution in [0.25, 0.3) is 0 Å². The van der Waals surface area contributed by atoms with Crippen molar-refractivity contribution >= 4 is 5.97 Å². The molecule has 0 unspecified atom stereocenters. The number of hydrogen-bond acceptors (Lipinski definition) is 2. The van der Waals surface area contributed by atoms with Crippen LogP contribution in [0, 0.1) is 57.7 Å². The molecule has 1 N–H and O–H groups in total. The number of carboxylic acids is 1. The lowest BCUT2D eigenvalue weighted by atomic mass is 9.39. The molecule has 1 spiro atoms. The molecule has 1 heterocycles. The van der Waals surface area contributed by atoms with Gasteiger partial charge in [-0.1, -0.05) is 67.7 Å². The number of ether oxygens (including phenoxy) is 1. The average Bonchev–Trinajstić information content (AvgIpc) is 3.38. The lowest BCUT2D eigenvalue weighted by molar-refractivity contribution is -0.161. The van der Waals surface area contributed by atoms with E-state index < -0.39 is 5.97 Å². The highest BCUT2D eigenvalue weighted by Crippen LogP contribution is 2.78. The van der Waals surface area contributed by atoms with Crippen LogP contribution < -0.4 is 0 Å². The van der Waals surface area contributed by atoms with Gasteiger partial charge in [-0.3, -0.25) is 4.79 Å². The molecule has 10 atom stereocenters. The van der Waals surface area contributed by atoms with Crippen molar-refractivity contribution in [2.75, 3.05) is 0 Å². The molecule has 5 aliphatic rings. The molecule has 0 radical (unpaired) electrons. The zero-order chi connectivity index (χ0) is 24.7. The second-order valence-corrected chi connectivity index (χ2v) is 15.0. The molecular formula is C31H52O3. The number of carboxylic acid groups (broad SMARTS) is 1. The first-order chi connectivity index (χ1) is 15.9. The molecule has 1 aliphatic heterocycles. The highest BCUT2D eigenvalue weighted by molar-refractivity contribution is 5.67. The van der Waals surface area contributed by atoms with Crippen molar-refractivity contribution in [3.63, 3.8) is 0 Å². The predicted octanol–water partition coefficient (Wildman–Crippen LogP) is 7.97. The highest BCUT2D eigenvalue weighted by Gasteiger charge is 2.81. The van der Waals surface area contributed by atoms with E-state index in [1.54, 1.807) is 0 Å². The first-order valence-corrected chi connectivity index (χ1v) is 14.8. The maximum atomic E-state index is 11.6. The molecule has 3 nitrogen and oxygen atoms in total. The Morgan fingerprint density at radius 1 is 0.971 bits per heavy atom. The largest absolute Gasteiger partial charge is 0.481 e. The summed E-state index contributed by atoms with van der Waals surface area (Å²) in [7, 11) is 0. The number of fused-ring (bicyclic) bond motifs is 4. The molecule has 0 bridgehead atoms. The summed E-state index contributed by atoms with van der Waals surface area (Å²) in [5, 5.41) is 9.58. The van der Waals surface area contributed by atoms with Gasteiger partial charge in [0.15, 0.2) is 0 Å². The fraction of sp³-hybridized carbons (Fsp3) is 0.968. The van der Waals surface area contributed by atoms with Crippen LogP contribution >= 0.6 is 0 Å². The third kappa shape index (κ3) is 3.33. The minimum atomic E-state index is -0.642. The monoisotopic (exact) mass is 472 g/mol. The van der Waals surface area contributed by atoms with Gasteiger partial charge in [-0.25, -0.2) is 0 Å². The third-order valence-electron chi connectivity index (χ3n) is 12.9. The SMILES string of the molecule is CC(C)CCC[C@@H](C)[C@H]1CC[C@H]2[C@@H]3C[C@H]4O[C@]45C(C)(C)[C@@H](CC(=O)O)CC[C@]5(C)[C@H]3CC[C@]12C. The average molecular weight is 473 g/mol. The molecule has 0 amide bonds. The molecule has 194 valence electrons. The minimum absolute atomic E-state index is 0.0576. The number of carbonyl (C=O) groups is 1. The van der Waals surface area contributed by atoms with Gasteiger partial charge in [0.1, 0.15) is 5.60 Å². The van der Waals surface area contributed by atoms with E-state index in [0.717, 1.165) is 48.3 Å². The van der Waals surface area contributed by atoms with E-state index in [0.29, 0.717) is 17.9 Å². The maximum Gasteiger partial charge on any atom is 0.303 e. The van der Waals surface area contributed by atoms with Crippen molar-refractivity contribution in [2.45, 2.75) is 131 Å². The minimum Gasteiger partial charge on any atom is -0.481 e. The van der Waals surface area contributed by atoms with Crippen LogP contribution in [0.3, 0.4) is 0 Å². The number of epoxide rings is 1. The predicted molar refractivity (Wildman–Crippen MR) is 137 cm³/mol. The summed E-state index contributed by atoms with van der Waals surface area (Å²) in [6.07, 6.45) is 13.9. The molecule has 5 rings (SSSR count). The van der Waals surface area contributed by atoms with Crippen LogP contribution in [0.15, 0.2) is 0 Å². The second kappa shape index (κ2) is 8.22. The van der Waals surface area contributed by atoms with Crippen molar-refractivity contribution in [2.24, 2.45) is 57.7 Å². The van der Waals surface area contributed by atoms with E-state index in [1.807, 2.05) is 0 Å². The standard InChI is InChI=1S/C31H52O3/c1-19(2)9-8-10-20(3)23-11-12-24-22-18-26-31(34-26)28(4,5)21(17-27(32)33)13-16-30(31,7)25(22)14-15-29(23,24)6/h19-26H,8-18H2,1-7H3,(H,32,33)/t20-,21-,22+,23-,24+,25+,26-,29-,30-,31+/m1/s1. The van der Waals surface area contributed by atoms with E-state index in [2.05, 4.69) is 48.5 Å². The summed E-state index contributed by atoms with van der Waals surface area (Å²) in [4.78, 5) is 11.6. The van der Waals surface area contributed by atoms with Gasteiger partial charge in [0.05, 0.1) is 6.10 Å². The summed E-state index contributed by atoms with van der Waals surface area (Å²) in [6.45, 7) is 17.2. The molecule has 34 heavy (non-hydrogen) atoms. The van der Waals surface area contributed by atoms with Crippen LogP contribution in [0.2, 0.25) is 0 Å². The summed E-state index contributed by atoms with van der Waals surface area (Å²) < 4.78 is 6.83. The smallest absolute Gasteiger partial charge is 0.303 e. The Bertz CT molecular complexity index is 802. The third-order valence-corrected chi connectivity index (χ3v) is 12.9. The maximum absolute atomic E-state index is 11.6. The van der Waals surface area contributed by atoms with Crippen molar-refractivity contribution in [1.29, 1.82) is 0 Å². The van der Waals surface area contributed by atoms with Gasteiger partial charge in [0, 0.05) is 17.3 Å². The van der Waals surface area contributed by atoms with Gasteiger partial charge in [0.25, 0.3) is 0 Å². The van der Waals surface area contributed by atoms with Gasteiger partial charge in [-0.15, -0.1) is 0 Å². The van der Waals surface area contributed by atoms with Crippen LogP contribution in [0.4, 0.5) is 0 Å². The summed E-state index contributed by atoms with van der Waals surface area (Å²) in [5.41, 5.74) is 0.578. The number of hydrogen-bond donors (Lipinski definition) is 1. The Labute approximate surface area is 209 Å².